The van der Waals surface area contributed by atoms with Crippen molar-refractivity contribution >= 4 is 23.1 Å². The standard InChI is InChI=1S/C20H22F5N5O/c21-15-10-30(11-16(15)22)18-8-17(20(23,24)25)27-19(28-18)26-12-3-5-13(6-4-12)29-7-1-2-14(31)9-29/h3-6,8,14-16,31H,1-2,7,9-11H2,(H,26,27,28)/t14?,15-,16-/m0/s1. The Balaban J connectivity index is 1.55. The SMILES string of the molecule is OC1CCCN(c2ccc(Nc3nc(N4C[C@H](F)[C@@H](F)C4)cc(C(F)(F)F)n3)cc2)C1. The molecule has 2 N–H and O–H groups in total. The molecule has 1 unspecified atom stereocenters. The number of hydrogen-bond acceptors (Lipinski definition) is 6. The van der Waals surface area contributed by atoms with E-state index in [1.807, 2.05) is 4.90 Å². The third-order valence-electron chi connectivity index (χ3n) is 5.39. The number of aliphatic hydroxyl groups is 1. The van der Waals surface area contributed by atoms with Gasteiger partial charge in [-0.2, -0.15) is 18.2 Å². The molecule has 1 aromatic carbocycles. The van der Waals surface area contributed by atoms with Gasteiger partial charge in [-0.3, -0.25) is 0 Å². The predicted molar refractivity (Wildman–Crippen MR) is 106 cm³/mol. The average Bonchev–Trinajstić information content (AvgIpc) is 3.06. The van der Waals surface area contributed by atoms with Crippen molar-refractivity contribution in [2.75, 3.05) is 41.3 Å². The summed E-state index contributed by atoms with van der Waals surface area (Å²) in [7, 11) is 0. The van der Waals surface area contributed by atoms with Crippen molar-refractivity contribution in [2.24, 2.45) is 0 Å². The third kappa shape index (κ3) is 4.97. The Morgan fingerprint density at radius 2 is 1.65 bits per heavy atom. The zero-order valence-electron chi connectivity index (χ0n) is 16.5. The fourth-order valence-corrected chi connectivity index (χ4v) is 3.78. The van der Waals surface area contributed by atoms with E-state index in [2.05, 4.69) is 15.3 Å². The van der Waals surface area contributed by atoms with Crippen LogP contribution in [-0.4, -0.2) is 59.7 Å². The van der Waals surface area contributed by atoms with Crippen LogP contribution >= 0.6 is 0 Å². The van der Waals surface area contributed by atoms with Crippen molar-refractivity contribution in [2.45, 2.75) is 37.5 Å². The van der Waals surface area contributed by atoms with Gasteiger partial charge in [-0.1, -0.05) is 0 Å². The number of β-amino-alcohol motifs (C(OH)–C–C–N with tert-alkyl or cyclic N) is 1. The number of alkyl halides is 5. The van der Waals surface area contributed by atoms with Crippen LogP contribution in [0.25, 0.3) is 0 Å². The molecule has 31 heavy (non-hydrogen) atoms. The van der Waals surface area contributed by atoms with Crippen LogP contribution in [0.5, 0.6) is 0 Å². The Labute approximate surface area is 175 Å². The van der Waals surface area contributed by atoms with Gasteiger partial charge in [-0.25, -0.2) is 13.8 Å². The normalized spacial score (nSPS) is 24.5. The first kappa shape index (κ1) is 21.5. The van der Waals surface area contributed by atoms with Crippen molar-refractivity contribution < 1.29 is 27.1 Å². The summed E-state index contributed by atoms with van der Waals surface area (Å²) in [6.45, 7) is 0.593. The number of anilines is 4. The highest BCUT2D eigenvalue weighted by molar-refractivity contribution is 5.61. The van der Waals surface area contributed by atoms with E-state index < -0.39 is 24.2 Å². The number of aromatic nitrogens is 2. The molecule has 168 valence electrons. The molecule has 0 radical (unpaired) electrons. The summed E-state index contributed by atoms with van der Waals surface area (Å²) in [4.78, 5) is 10.7. The summed E-state index contributed by atoms with van der Waals surface area (Å²) in [5.41, 5.74) is 0.145. The predicted octanol–water partition coefficient (Wildman–Crippen LogP) is 3.70. The summed E-state index contributed by atoms with van der Waals surface area (Å²) in [6.07, 6.45) is -7.05. The van der Waals surface area contributed by atoms with Crippen molar-refractivity contribution in [1.29, 1.82) is 0 Å². The number of halogens is 5. The maximum absolute atomic E-state index is 13.5. The average molecular weight is 443 g/mol. The monoisotopic (exact) mass is 443 g/mol. The van der Waals surface area contributed by atoms with Gasteiger partial charge in [-0.05, 0) is 37.1 Å². The van der Waals surface area contributed by atoms with Crippen molar-refractivity contribution in [1.82, 2.24) is 9.97 Å². The van der Waals surface area contributed by atoms with E-state index in [0.29, 0.717) is 18.3 Å². The van der Waals surface area contributed by atoms with Crippen molar-refractivity contribution in [3.8, 4) is 0 Å². The molecule has 0 amide bonds. The van der Waals surface area contributed by atoms with Crippen LogP contribution < -0.4 is 15.1 Å². The molecule has 6 nitrogen and oxygen atoms in total. The molecule has 0 aliphatic carbocycles. The second-order valence-electron chi connectivity index (χ2n) is 7.78. The Morgan fingerprint density at radius 1 is 0.968 bits per heavy atom. The van der Waals surface area contributed by atoms with Gasteiger partial charge >= 0.3 is 6.18 Å². The highest BCUT2D eigenvalue weighted by Gasteiger charge is 2.37. The number of hydrogen-bond donors (Lipinski definition) is 2. The van der Waals surface area contributed by atoms with Crippen LogP contribution in [0.4, 0.5) is 45.1 Å². The zero-order valence-corrected chi connectivity index (χ0v) is 16.5. The number of nitrogens with one attached hydrogen (secondary N) is 1. The topological polar surface area (TPSA) is 64.5 Å². The van der Waals surface area contributed by atoms with E-state index in [0.717, 1.165) is 30.0 Å². The first-order valence-corrected chi connectivity index (χ1v) is 9.98. The Hall–Kier alpha value is -2.69. The number of rotatable bonds is 4. The number of aliphatic hydroxyl groups excluding tert-OH is 1. The molecule has 11 heteroatoms. The minimum absolute atomic E-state index is 0.188. The maximum atomic E-state index is 13.5. The van der Waals surface area contributed by atoms with Crippen LogP contribution in [0.15, 0.2) is 30.3 Å². The molecule has 0 saturated carbocycles. The van der Waals surface area contributed by atoms with E-state index in [4.69, 9.17) is 0 Å². The molecular weight excluding hydrogens is 421 g/mol. The molecule has 0 bridgehead atoms. The number of benzene rings is 1. The third-order valence-corrected chi connectivity index (χ3v) is 5.39. The number of nitrogens with zero attached hydrogens (tertiary/aromatic N) is 4. The molecule has 2 aromatic rings. The van der Waals surface area contributed by atoms with Crippen LogP contribution in [0, 0.1) is 0 Å². The molecule has 2 saturated heterocycles. The molecule has 3 atom stereocenters. The van der Waals surface area contributed by atoms with E-state index in [1.54, 1.807) is 24.3 Å². The zero-order chi connectivity index (χ0) is 22.2. The van der Waals surface area contributed by atoms with Gasteiger partial charge in [0, 0.05) is 30.5 Å². The Kier molecular flexibility index (Phi) is 5.87. The summed E-state index contributed by atoms with van der Waals surface area (Å²) in [6, 6.07) is 7.61. The minimum atomic E-state index is -4.74. The van der Waals surface area contributed by atoms with Crippen LogP contribution in [-0.2, 0) is 6.18 Å². The second kappa shape index (κ2) is 8.45. The van der Waals surface area contributed by atoms with Gasteiger partial charge in [0.1, 0.15) is 5.82 Å². The second-order valence-corrected chi connectivity index (χ2v) is 7.78. The van der Waals surface area contributed by atoms with Gasteiger partial charge in [0.2, 0.25) is 5.95 Å². The number of piperidine rings is 1. The van der Waals surface area contributed by atoms with Crippen molar-refractivity contribution in [3.63, 3.8) is 0 Å². The summed E-state index contributed by atoms with van der Waals surface area (Å²) < 4.78 is 67.0. The van der Waals surface area contributed by atoms with E-state index >= 15 is 0 Å². The van der Waals surface area contributed by atoms with E-state index in [-0.39, 0.29) is 31.0 Å². The molecule has 1 aromatic heterocycles. The lowest BCUT2D eigenvalue weighted by Gasteiger charge is -2.32. The molecule has 4 rings (SSSR count). The summed E-state index contributed by atoms with van der Waals surface area (Å²) in [5, 5.41) is 12.6. The molecule has 2 aliphatic rings. The fourth-order valence-electron chi connectivity index (χ4n) is 3.78. The smallest absolute Gasteiger partial charge is 0.391 e. The van der Waals surface area contributed by atoms with Gasteiger partial charge in [0.25, 0.3) is 0 Å². The lowest BCUT2D eigenvalue weighted by Crippen LogP contribution is -2.38. The molecular formula is C20H22F5N5O. The quantitative estimate of drug-likeness (QED) is 0.703. The van der Waals surface area contributed by atoms with Gasteiger partial charge < -0.3 is 20.2 Å². The highest BCUT2D eigenvalue weighted by Crippen LogP contribution is 2.33. The van der Waals surface area contributed by atoms with Gasteiger partial charge in [0.15, 0.2) is 18.0 Å². The van der Waals surface area contributed by atoms with E-state index in [9.17, 15) is 27.1 Å². The van der Waals surface area contributed by atoms with Crippen LogP contribution in [0.3, 0.4) is 0 Å². The first-order valence-electron chi connectivity index (χ1n) is 9.98. The summed E-state index contributed by atoms with van der Waals surface area (Å²) >= 11 is 0. The molecule has 0 spiro atoms. The maximum Gasteiger partial charge on any atom is 0.433 e. The van der Waals surface area contributed by atoms with Crippen LogP contribution in [0.2, 0.25) is 0 Å². The fraction of sp³-hybridized carbons (Fsp3) is 0.500. The van der Waals surface area contributed by atoms with E-state index in [1.165, 1.54) is 0 Å². The highest BCUT2D eigenvalue weighted by atomic mass is 19.4. The largest absolute Gasteiger partial charge is 0.433 e. The van der Waals surface area contributed by atoms with Gasteiger partial charge in [-0.15, -0.1) is 0 Å². The lowest BCUT2D eigenvalue weighted by molar-refractivity contribution is -0.141. The molecule has 2 fully saturated rings. The van der Waals surface area contributed by atoms with Crippen LogP contribution in [0.1, 0.15) is 18.5 Å². The molecule has 2 aliphatic heterocycles. The van der Waals surface area contributed by atoms with Crippen molar-refractivity contribution in [3.05, 3.63) is 36.0 Å². The minimum Gasteiger partial charge on any atom is -0.391 e. The Morgan fingerprint density at radius 3 is 2.26 bits per heavy atom. The van der Waals surface area contributed by atoms with Gasteiger partial charge in [0.05, 0.1) is 19.2 Å². The first-order chi connectivity index (χ1) is 14.7. The summed E-state index contributed by atoms with van der Waals surface area (Å²) in [5.74, 6) is -0.504. The Bertz CT molecular complexity index is 900. The lowest BCUT2D eigenvalue weighted by atomic mass is 10.1. The molecule has 3 heterocycles.